The van der Waals surface area contributed by atoms with Crippen molar-refractivity contribution in [3.63, 3.8) is 0 Å². The van der Waals surface area contributed by atoms with Crippen molar-refractivity contribution in [2.45, 2.75) is 19.4 Å². The van der Waals surface area contributed by atoms with Crippen LogP contribution in [-0.4, -0.2) is 6.54 Å². The summed E-state index contributed by atoms with van der Waals surface area (Å²) in [7, 11) is 0. The highest BCUT2D eigenvalue weighted by Crippen LogP contribution is 2.26. The Labute approximate surface area is 76.9 Å². The number of hydrogen-bond donors (Lipinski definition) is 2. The van der Waals surface area contributed by atoms with Crippen molar-refractivity contribution in [2.24, 2.45) is 0 Å². The van der Waals surface area contributed by atoms with Gasteiger partial charge in [-0.05, 0) is 43.1 Å². The van der Waals surface area contributed by atoms with Crippen LogP contribution in [0.2, 0.25) is 0 Å². The Balaban J connectivity index is 2.52. The van der Waals surface area contributed by atoms with Gasteiger partial charge in [-0.15, -0.1) is 0 Å². The van der Waals surface area contributed by atoms with E-state index < -0.39 is 0 Å². The SMILES string of the molecule is CC1NCCc2cc(N)c(F)cc21. The third kappa shape index (κ3) is 1.40. The molecule has 0 bridgehead atoms. The van der Waals surface area contributed by atoms with Crippen LogP contribution in [0.1, 0.15) is 24.1 Å². The second-order valence-electron chi connectivity index (χ2n) is 3.50. The molecule has 0 spiro atoms. The number of nitrogen functional groups attached to an aromatic ring is 1. The van der Waals surface area contributed by atoms with Crippen LogP contribution in [0.15, 0.2) is 12.1 Å². The van der Waals surface area contributed by atoms with Gasteiger partial charge in [-0.3, -0.25) is 0 Å². The smallest absolute Gasteiger partial charge is 0.146 e. The number of nitrogens with one attached hydrogen (secondary N) is 1. The summed E-state index contributed by atoms with van der Waals surface area (Å²) in [6, 6.07) is 3.53. The van der Waals surface area contributed by atoms with E-state index in [1.165, 1.54) is 5.56 Å². The minimum atomic E-state index is -0.311. The fourth-order valence-electron chi connectivity index (χ4n) is 1.81. The average Bonchev–Trinajstić information content (AvgIpc) is 2.09. The molecule has 1 aliphatic rings. The lowest BCUT2D eigenvalue weighted by Gasteiger charge is -2.24. The Kier molecular flexibility index (Phi) is 1.96. The highest BCUT2D eigenvalue weighted by Gasteiger charge is 2.17. The molecule has 1 unspecified atom stereocenters. The van der Waals surface area contributed by atoms with Gasteiger partial charge in [0, 0.05) is 6.04 Å². The molecule has 3 heteroatoms. The molecule has 1 aromatic carbocycles. The molecule has 0 saturated heterocycles. The molecular formula is C10H13FN2. The molecule has 0 fully saturated rings. The van der Waals surface area contributed by atoms with E-state index >= 15 is 0 Å². The predicted octanol–water partition coefficient (Wildman–Crippen LogP) is 1.61. The first-order valence-electron chi connectivity index (χ1n) is 4.49. The molecule has 1 heterocycles. The van der Waals surface area contributed by atoms with E-state index in [0.29, 0.717) is 0 Å². The van der Waals surface area contributed by atoms with Gasteiger partial charge in [-0.2, -0.15) is 0 Å². The summed E-state index contributed by atoms with van der Waals surface area (Å²) in [6.45, 7) is 2.98. The summed E-state index contributed by atoms with van der Waals surface area (Å²) >= 11 is 0. The fourth-order valence-corrected chi connectivity index (χ4v) is 1.81. The van der Waals surface area contributed by atoms with Crippen LogP contribution in [0.4, 0.5) is 10.1 Å². The standard InChI is InChI=1S/C10H13FN2/c1-6-8-5-9(11)10(12)4-7(8)2-3-13-6/h4-6,13H,2-3,12H2,1H3. The van der Waals surface area contributed by atoms with Crippen molar-refractivity contribution in [3.8, 4) is 0 Å². The maximum absolute atomic E-state index is 13.1. The molecule has 1 aliphatic heterocycles. The van der Waals surface area contributed by atoms with Crippen molar-refractivity contribution in [2.75, 3.05) is 12.3 Å². The fraction of sp³-hybridized carbons (Fsp3) is 0.400. The zero-order chi connectivity index (χ0) is 9.42. The number of hydrogen-bond acceptors (Lipinski definition) is 2. The third-order valence-electron chi connectivity index (χ3n) is 2.57. The monoisotopic (exact) mass is 180 g/mol. The Hall–Kier alpha value is -1.09. The van der Waals surface area contributed by atoms with Gasteiger partial charge >= 0.3 is 0 Å². The maximum Gasteiger partial charge on any atom is 0.146 e. The van der Waals surface area contributed by atoms with E-state index in [4.69, 9.17) is 5.73 Å². The lowest BCUT2D eigenvalue weighted by atomic mass is 9.94. The first kappa shape index (κ1) is 8.51. The lowest BCUT2D eigenvalue weighted by molar-refractivity contribution is 0.533. The van der Waals surface area contributed by atoms with Crippen LogP contribution in [0.25, 0.3) is 0 Å². The molecule has 2 rings (SSSR count). The van der Waals surface area contributed by atoms with Crippen molar-refractivity contribution < 1.29 is 4.39 Å². The quantitative estimate of drug-likeness (QED) is 0.595. The maximum atomic E-state index is 13.1. The highest BCUT2D eigenvalue weighted by molar-refractivity contribution is 5.48. The van der Waals surface area contributed by atoms with Crippen LogP contribution >= 0.6 is 0 Å². The van der Waals surface area contributed by atoms with E-state index in [9.17, 15) is 4.39 Å². The van der Waals surface area contributed by atoms with Gasteiger partial charge in [-0.25, -0.2) is 4.39 Å². The second-order valence-corrected chi connectivity index (χ2v) is 3.50. The summed E-state index contributed by atoms with van der Waals surface area (Å²) in [5.74, 6) is -0.311. The predicted molar refractivity (Wildman–Crippen MR) is 50.9 cm³/mol. The van der Waals surface area contributed by atoms with Crippen LogP contribution < -0.4 is 11.1 Å². The molecule has 3 N–H and O–H groups in total. The first-order valence-corrected chi connectivity index (χ1v) is 4.49. The van der Waals surface area contributed by atoms with Gasteiger partial charge in [0.05, 0.1) is 5.69 Å². The number of rotatable bonds is 0. The normalized spacial score (nSPS) is 21.2. The van der Waals surface area contributed by atoms with Crippen molar-refractivity contribution in [3.05, 3.63) is 29.1 Å². The van der Waals surface area contributed by atoms with E-state index in [1.807, 2.05) is 6.92 Å². The Bertz CT molecular complexity index is 336. The van der Waals surface area contributed by atoms with Crippen molar-refractivity contribution in [1.82, 2.24) is 5.32 Å². The van der Waals surface area contributed by atoms with Gasteiger partial charge in [0.25, 0.3) is 0 Å². The summed E-state index contributed by atoms with van der Waals surface area (Å²) in [5.41, 5.74) is 7.96. The largest absolute Gasteiger partial charge is 0.396 e. The van der Waals surface area contributed by atoms with Gasteiger partial charge < -0.3 is 11.1 Å². The Morgan fingerprint density at radius 2 is 2.31 bits per heavy atom. The summed E-state index contributed by atoms with van der Waals surface area (Å²) in [6.07, 6.45) is 0.935. The van der Waals surface area contributed by atoms with Gasteiger partial charge in [0.1, 0.15) is 5.82 Å². The summed E-state index contributed by atoms with van der Waals surface area (Å²) < 4.78 is 13.1. The van der Waals surface area contributed by atoms with E-state index in [2.05, 4.69) is 5.32 Å². The van der Waals surface area contributed by atoms with Gasteiger partial charge in [-0.1, -0.05) is 0 Å². The number of fused-ring (bicyclic) bond motifs is 1. The molecule has 0 aliphatic carbocycles. The van der Waals surface area contributed by atoms with E-state index in [0.717, 1.165) is 18.5 Å². The minimum Gasteiger partial charge on any atom is -0.396 e. The van der Waals surface area contributed by atoms with Gasteiger partial charge in [0.2, 0.25) is 0 Å². The number of benzene rings is 1. The first-order chi connectivity index (χ1) is 6.18. The van der Waals surface area contributed by atoms with Crippen LogP contribution in [-0.2, 0) is 6.42 Å². The zero-order valence-electron chi connectivity index (χ0n) is 7.60. The van der Waals surface area contributed by atoms with Gasteiger partial charge in [0.15, 0.2) is 0 Å². The Morgan fingerprint density at radius 1 is 1.54 bits per heavy atom. The topological polar surface area (TPSA) is 38.0 Å². The molecule has 1 atom stereocenters. The average molecular weight is 180 g/mol. The second kappa shape index (κ2) is 3.00. The van der Waals surface area contributed by atoms with Crippen LogP contribution in [0.3, 0.4) is 0 Å². The summed E-state index contributed by atoms with van der Waals surface area (Å²) in [5, 5.41) is 3.28. The summed E-state index contributed by atoms with van der Waals surface area (Å²) in [4.78, 5) is 0. The zero-order valence-corrected chi connectivity index (χ0v) is 7.60. The molecule has 0 aromatic heterocycles. The molecule has 13 heavy (non-hydrogen) atoms. The molecule has 0 saturated carbocycles. The van der Waals surface area contributed by atoms with Crippen LogP contribution in [0.5, 0.6) is 0 Å². The van der Waals surface area contributed by atoms with E-state index in [-0.39, 0.29) is 17.5 Å². The lowest BCUT2D eigenvalue weighted by Crippen LogP contribution is -2.28. The third-order valence-corrected chi connectivity index (χ3v) is 2.57. The molecule has 2 nitrogen and oxygen atoms in total. The van der Waals surface area contributed by atoms with Crippen molar-refractivity contribution in [1.29, 1.82) is 0 Å². The highest BCUT2D eigenvalue weighted by atomic mass is 19.1. The number of anilines is 1. The number of halogens is 1. The van der Waals surface area contributed by atoms with E-state index in [1.54, 1.807) is 12.1 Å². The molecule has 1 aromatic rings. The molecular weight excluding hydrogens is 167 g/mol. The molecule has 0 amide bonds. The molecule has 70 valence electrons. The Morgan fingerprint density at radius 3 is 3.08 bits per heavy atom. The molecule has 0 radical (unpaired) electrons. The van der Waals surface area contributed by atoms with Crippen LogP contribution in [0, 0.1) is 5.82 Å². The minimum absolute atomic E-state index is 0.235. The number of nitrogens with two attached hydrogens (primary N) is 1. The van der Waals surface area contributed by atoms with Crippen molar-refractivity contribution >= 4 is 5.69 Å².